The number of rotatable bonds is 8. The van der Waals surface area contributed by atoms with Crippen LogP contribution in [0.5, 0.6) is 5.75 Å². The Labute approximate surface area is 155 Å². The minimum atomic E-state index is -0.263. The third kappa shape index (κ3) is 6.31. The van der Waals surface area contributed by atoms with E-state index < -0.39 is 0 Å². The van der Waals surface area contributed by atoms with Crippen LogP contribution in [0.25, 0.3) is 0 Å². The van der Waals surface area contributed by atoms with E-state index in [-0.39, 0.29) is 18.4 Å². The second kappa shape index (κ2) is 10.1. The molecule has 0 saturated carbocycles. The van der Waals surface area contributed by atoms with E-state index in [1.165, 1.54) is 14.2 Å². The van der Waals surface area contributed by atoms with Crippen LogP contribution in [0, 0.1) is 5.92 Å². The van der Waals surface area contributed by atoms with Crippen LogP contribution < -0.4 is 15.4 Å². The predicted octanol–water partition coefficient (Wildman–Crippen LogP) is 2.34. The maximum atomic E-state index is 12.2. The number of methoxy groups -OCH3 is 2. The SMILES string of the molecule is COCC(=O)Nc1ccc(NC(=O)CCC2CCN(C)CC2)cc1OC. The van der Waals surface area contributed by atoms with Gasteiger partial charge in [0.25, 0.3) is 0 Å². The number of hydrogen-bond acceptors (Lipinski definition) is 5. The summed E-state index contributed by atoms with van der Waals surface area (Å²) in [7, 11) is 5.12. The highest BCUT2D eigenvalue weighted by Crippen LogP contribution is 2.28. The zero-order valence-electron chi connectivity index (χ0n) is 15.8. The zero-order valence-corrected chi connectivity index (χ0v) is 15.8. The summed E-state index contributed by atoms with van der Waals surface area (Å²) in [5.74, 6) is 0.857. The van der Waals surface area contributed by atoms with Gasteiger partial charge in [0.05, 0.1) is 12.8 Å². The largest absolute Gasteiger partial charge is 0.494 e. The van der Waals surface area contributed by atoms with Gasteiger partial charge in [0.2, 0.25) is 11.8 Å². The van der Waals surface area contributed by atoms with Crippen LogP contribution in [-0.2, 0) is 14.3 Å². The summed E-state index contributed by atoms with van der Waals surface area (Å²) in [6.07, 6.45) is 3.76. The number of anilines is 2. The van der Waals surface area contributed by atoms with Gasteiger partial charge in [-0.05, 0) is 57.5 Å². The minimum absolute atomic E-state index is 0.00199. The third-order valence-electron chi connectivity index (χ3n) is 4.65. The number of carbonyl (C=O) groups is 2. The molecule has 1 aliphatic heterocycles. The van der Waals surface area contributed by atoms with Crippen molar-refractivity contribution in [3.63, 3.8) is 0 Å². The van der Waals surface area contributed by atoms with Gasteiger partial charge in [0.15, 0.2) is 0 Å². The lowest BCUT2D eigenvalue weighted by atomic mass is 9.92. The molecule has 0 radical (unpaired) electrons. The number of nitrogens with one attached hydrogen (secondary N) is 2. The molecule has 144 valence electrons. The maximum Gasteiger partial charge on any atom is 0.250 e. The van der Waals surface area contributed by atoms with Crippen LogP contribution in [0.2, 0.25) is 0 Å². The first-order valence-corrected chi connectivity index (χ1v) is 8.97. The monoisotopic (exact) mass is 363 g/mol. The Hall–Kier alpha value is -2.12. The van der Waals surface area contributed by atoms with Crippen molar-refractivity contribution >= 4 is 23.2 Å². The molecule has 1 saturated heterocycles. The molecular formula is C19H29N3O4. The molecule has 1 aliphatic rings. The summed E-state index contributed by atoms with van der Waals surface area (Å²) in [6, 6.07) is 5.16. The summed E-state index contributed by atoms with van der Waals surface area (Å²) in [6.45, 7) is 2.19. The van der Waals surface area contributed by atoms with E-state index in [0.29, 0.717) is 29.5 Å². The molecule has 2 amide bonds. The Bertz CT molecular complexity index is 613. The van der Waals surface area contributed by atoms with Crippen molar-refractivity contribution in [3.05, 3.63) is 18.2 Å². The lowest BCUT2D eigenvalue weighted by Crippen LogP contribution is -2.30. The first kappa shape index (κ1) is 20.2. The van der Waals surface area contributed by atoms with E-state index in [9.17, 15) is 9.59 Å². The zero-order chi connectivity index (χ0) is 18.9. The Morgan fingerprint density at radius 2 is 1.88 bits per heavy atom. The number of amides is 2. The van der Waals surface area contributed by atoms with Crippen LogP contribution in [0.15, 0.2) is 18.2 Å². The van der Waals surface area contributed by atoms with Gasteiger partial charge in [-0.2, -0.15) is 0 Å². The summed E-state index contributed by atoms with van der Waals surface area (Å²) in [5, 5.41) is 5.61. The van der Waals surface area contributed by atoms with Gasteiger partial charge in [-0.3, -0.25) is 9.59 Å². The molecule has 0 atom stereocenters. The molecule has 2 N–H and O–H groups in total. The van der Waals surface area contributed by atoms with Crippen LogP contribution in [-0.4, -0.2) is 57.7 Å². The van der Waals surface area contributed by atoms with Crippen LogP contribution in [0.3, 0.4) is 0 Å². The van der Waals surface area contributed by atoms with Gasteiger partial charge in [-0.15, -0.1) is 0 Å². The number of ether oxygens (including phenoxy) is 2. The Kier molecular flexibility index (Phi) is 7.87. The van der Waals surface area contributed by atoms with E-state index in [0.717, 1.165) is 32.4 Å². The highest BCUT2D eigenvalue weighted by molar-refractivity contribution is 5.95. The van der Waals surface area contributed by atoms with Gasteiger partial charge in [-0.25, -0.2) is 0 Å². The van der Waals surface area contributed by atoms with Crippen molar-refractivity contribution in [2.75, 3.05) is 51.6 Å². The van der Waals surface area contributed by atoms with E-state index in [1.54, 1.807) is 18.2 Å². The number of piperidine rings is 1. The number of benzene rings is 1. The molecule has 0 bridgehead atoms. The van der Waals surface area contributed by atoms with Crippen molar-refractivity contribution in [2.45, 2.75) is 25.7 Å². The summed E-state index contributed by atoms with van der Waals surface area (Å²) >= 11 is 0. The maximum absolute atomic E-state index is 12.2. The van der Waals surface area contributed by atoms with Crippen LogP contribution in [0.1, 0.15) is 25.7 Å². The first-order chi connectivity index (χ1) is 12.5. The van der Waals surface area contributed by atoms with Crippen molar-refractivity contribution in [1.29, 1.82) is 0 Å². The van der Waals surface area contributed by atoms with E-state index in [1.807, 2.05) is 0 Å². The third-order valence-corrected chi connectivity index (χ3v) is 4.65. The lowest BCUT2D eigenvalue weighted by molar-refractivity contribution is -0.119. The lowest BCUT2D eigenvalue weighted by Gasteiger charge is -2.28. The molecule has 1 aromatic rings. The smallest absolute Gasteiger partial charge is 0.250 e. The quantitative estimate of drug-likeness (QED) is 0.741. The van der Waals surface area contributed by atoms with E-state index in [2.05, 4.69) is 22.6 Å². The molecule has 1 fully saturated rings. The number of nitrogens with zero attached hydrogens (tertiary/aromatic N) is 1. The second-order valence-electron chi connectivity index (χ2n) is 6.73. The first-order valence-electron chi connectivity index (χ1n) is 8.97. The van der Waals surface area contributed by atoms with Gasteiger partial charge >= 0.3 is 0 Å². The molecule has 0 aromatic heterocycles. The Balaban J connectivity index is 1.86. The van der Waals surface area contributed by atoms with Crippen molar-refractivity contribution in [2.24, 2.45) is 5.92 Å². The van der Waals surface area contributed by atoms with Gasteiger partial charge in [0, 0.05) is 25.3 Å². The van der Waals surface area contributed by atoms with E-state index in [4.69, 9.17) is 9.47 Å². The highest BCUT2D eigenvalue weighted by Gasteiger charge is 2.18. The fraction of sp³-hybridized carbons (Fsp3) is 0.579. The topological polar surface area (TPSA) is 79.9 Å². The minimum Gasteiger partial charge on any atom is -0.494 e. The van der Waals surface area contributed by atoms with Crippen molar-refractivity contribution in [1.82, 2.24) is 4.90 Å². The summed E-state index contributed by atoms with van der Waals surface area (Å²) in [5.41, 5.74) is 1.19. The van der Waals surface area contributed by atoms with Crippen LogP contribution >= 0.6 is 0 Å². The highest BCUT2D eigenvalue weighted by atomic mass is 16.5. The molecular weight excluding hydrogens is 334 g/mol. The number of hydrogen-bond donors (Lipinski definition) is 2. The second-order valence-corrected chi connectivity index (χ2v) is 6.73. The summed E-state index contributed by atoms with van der Waals surface area (Å²) in [4.78, 5) is 26.2. The number of carbonyl (C=O) groups excluding carboxylic acids is 2. The molecule has 1 heterocycles. The Morgan fingerprint density at radius 3 is 2.54 bits per heavy atom. The predicted molar refractivity (Wildman–Crippen MR) is 102 cm³/mol. The van der Waals surface area contributed by atoms with Crippen molar-refractivity contribution < 1.29 is 19.1 Å². The molecule has 1 aromatic carbocycles. The molecule has 26 heavy (non-hydrogen) atoms. The average Bonchev–Trinajstić information content (AvgIpc) is 2.62. The summed E-state index contributed by atoms with van der Waals surface area (Å²) < 4.78 is 10.1. The van der Waals surface area contributed by atoms with Gasteiger partial charge in [0.1, 0.15) is 12.4 Å². The Morgan fingerprint density at radius 1 is 1.15 bits per heavy atom. The fourth-order valence-electron chi connectivity index (χ4n) is 3.10. The van der Waals surface area contributed by atoms with Crippen molar-refractivity contribution in [3.8, 4) is 5.75 Å². The normalized spacial score (nSPS) is 15.5. The van der Waals surface area contributed by atoms with Crippen LogP contribution in [0.4, 0.5) is 11.4 Å². The standard InChI is InChI=1S/C19H29N3O4/c1-22-10-8-14(9-11-22)4-7-18(23)20-15-5-6-16(17(12-15)26-3)21-19(24)13-25-2/h5-6,12,14H,4,7-11,13H2,1-3H3,(H,20,23)(H,21,24). The molecule has 7 heteroatoms. The van der Waals surface area contributed by atoms with E-state index >= 15 is 0 Å². The molecule has 0 spiro atoms. The van der Waals surface area contributed by atoms with Gasteiger partial charge in [-0.1, -0.05) is 0 Å². The number of likely N-dealkylation sites (tertiary alicyclic amines) is 1. The molecule has 7 nitrogen and oxygen atoms in total. The van der Waals surface area contributed by atoms with Gasteiger partial charge < -0.3 is 25.0 Å². The molecule has 0 unspecified atom stereocenters. The molecule has 0 aliphatic carbocycles. The molecule has 2 rings (SSSR count). The fourth-order valence-corrected chi connectivity index (χ4v) is 3.10. The average molecular weight is 363 g/mol.